The number of aromatic nitrogens is 1. The minimum Gasteiger partial charge on any atom is -0.385 e. The van der Waals surface area contributed by atoms with Gasteiger partial charge >= 0.3 is 0 Å². The summed E-state index contributed by atoms with van der Waals surface area (Å²) in [4.78, 5) is 7.12. The third-order valence-corrected chi connectivity index (χ3v) is 3.62. The predicted octanol–water partition coefficient (Wildman–Crippen LogP) is 4.16. The monoisotopic (exact) mass is 277 g/mol. The van der Waals surface area contributed by atoms with Gasteiger partial charge in [-0.2, -0.15) is 0 Å². The van der Waals surface area contributed by atoms with Crippen molar-refractivity contribution in [2.24, 2.45) is 5.92 Å². The first-order chi connectivity index (χ1) is 9.60. The molecule has 0 amide bonds. The van der Waals surface area contributed by atoms with Gasteiger partial charge in [0.15, 0.2) is 0 Å². The van der Waals surface area contributed by atoms with Crippen molar-refractivity contribution in [2.75, 3.05) is 18.4 Å². The Hall–Kier alpha value is -1.09. The zero-order chi connectivity index (χ0) is 15.0. The summed E-state index contributed by atoms with van der Waals surface area (Å²) in [6, 6.07) is 4.87. The molecule has 0 aliphatic carbocycles. The lowest BCUT2D eigenvalue weighted by Gasteiger charge is -2.31. The van der Waals surface area contributed by atoms with E-state index in [2.05, 4.69) is 55.9 Å². The van der Waals surface area contributed by atoms with Crippen LogP contribution in [0.1, 0.15) is 53.2 Å². The van der Waals surface area contributed by atoms with Crippen LogP contribution in [0.3, 0.4) is 0 Å². The second kappa shape index (κ2) is 8.96. The average Bonchev–Trinajstić information content (AvgIpc) is 2.40. The minimum atomic E-state index is 0.655. The van der Waals surface area contributed by atoms with Gasteiger partial charge in [-0.25, -0.2) is 0 Å². The molecule has 3 nitrogen and oxygen atoms in total. The normalized spacial score (nSPS) is 11.6. The second-order valence-corrected chi connectivity index (χ2v) is 5.86. The van der Waals surface area contributed by atoms with E-state index in [1.54, 1.807) is 0 Å². The fourth-order valence-electron chi connectivity index (χ4n) is 2.70. The molecule has 20 heavy (non-hydrogen) atoms. The number of nitrogens with zero attached hydrogens (tertiary/aromatic N) is 2. The molecule has 0 aliphatic heterocycles. The number of anilines is 1. The quantitative estimate of drug-likeness (QED) is 0.734. The highest BCUT2D eigenvalue weighted by atomic mass is 15.2. The molecule has 1 aromatic heterocycles. The Morgan fingerprint density at radius 3 is 2.45 bits per heavy atom. The van der Waals surface area contributed by atoms with Gasteiger partial charge in [0.1, 0.15) is 0 Å². The van der Waals surface area contributed by atoms with Gasteiger partial charge in [-0.3, -0.25) is 9.88 Å². The van der Waals surface area contributed by atoms with E-state index >= 15 is 0 Å². The van der Waals surface area contributed by atoms with Gasteiger partial charge in [0.2, 0.25) is 0 Å². The van der Waals surface area contributed by atoms with Gasteiger partial charge in [0.25, 0.3) is 0 Å². The topological polar surface area (TPSA) is 28.2 Å². The van der Waals surface area contributed by atoms with E-state index < -0.39 is 0 Å². The zero-order valence-electron chi connectivity index (χ0n) is 13.8. The summed E-state index contributed by atoms with van der Waals surface area (Å²) in [6.45, 7) is 14.3. The molecule has 0 bridgehead atoms. The fourth-order valence-corrected chi connectivity index (χ4v) is 2.70. The Bertz CT molecular complexity index is 372. The molecule has 0 spiro atoms. The molecule has 114 valence electrons. The van der Waals surface area contributed by atoms with Crippen LogP contribution in [0.5, 0.6) is 0 Å². The molecule has 0 aliphatic rings. The lowest BCUT2D eigenvalue weighted by molar-refractivity contribution is 0.155. The number of hydrogen-bond donors (Lipinski definition) is 1. The number of hydrogen-bond acceptors (Lipinski definition) is 3. The molecule has 0 unspecified atom stereocenters. The summed E-state index contributed by atoms with van der Waals surface area (Å²) in [7, 11) is 0. The third-order valence-electron chi connectivity index (χ3n) is 3.62. The van der Waals surface area contributed by atoms with Gasteiger partial charge in [-0.05, 0) is 37.8 Å². The predicted molar refractivity (Wildman–Crippen MR) is 88.0 cm³/mol. The smallest absolute Gasteiger partial charge is 0.0564 e. The van der Waals surface area contributed by atoms with Crippen LogP contribution >= 0.6 is 0 Å². The van der Waals surface area contributed by atoms with Crippen LogP contribution in [0.25, 0.3) is 0 Å². The maximum Gasteiger partial charge on any atom is 0.0564 e. The lowest BCUT2D eigenvalue weighted by atomic mass is 10.1. The van der Waals surface area contributed by atoms with Crippen LogP contribution in [-0.2, 0) is 6.54 Å². The van der Waals surface area contributed by atoms with Crippen LogP contribution in [0, 0.1) is 5.92 Å². The van der Waals surface area contributed by atoms with Crippen LogP contribution < -0.4 is 5.32 Å². The summed E-state index contributed by atoms with van der Waals surface area (Å²) in [5.41, 5.74) is 2.34. The van der Waals surface area contributed by atoms with Gasteiger partial charge < -0.3 is 5.32 Å². The highest BCUT2D eigenvalue weighted by Crippen LogP contribution is 2.16. The average molecular weight is 277 g/mol. The van der Waals surface area contributed by atoms with E-state index in [-0.39, 0.29) is 0 Å². The first-order valence-corrected chi connectivity index (χ1v) is 8.03. The van der Waals surface area contributed by atoms with E-state index in [0.717, 1.165) is 25.3 Å². The molecular formula is C17H31N3. The second-order valence-electron chi connectivity index (χ2n) is 5.86. The molecule has 1 rings (SSSR count). The van der Waals surface area contributed by atoms with Gasteiger partial charge in [0.05, 0.1) is 5.69 Å². The molecule has 1 aromatic rings. The van der Waals surface area contributed by atoms with Crippen molar-refractivity contribution in [1.82, 2.24) is 9.88 Å². The Kier molecular flexibility index (Phi) is 7.60. The Labute approximate surface area is 124 Å². The van der Waals surface area contributed by atoms with E-state index in [1.807, 2.05) is 12.3 Å². The van der Waals surface area contributed by atoms with Crippen molar-refractivity contribution in [1.29, 1.82) is 0 Å². The standard InChI is InChI=1S/C17H31N3/c1-6-17(7-2)20(12-14(4)5)13-16-11-15(18-8-3)9-10-19-16/h9-11,14,17H,6-8,12-13H2,1-5H3,(H,18,19). The van der Waals surface area contributed by atoms with Crippen LogP contribution in [-0.4, -0.2) is 29.0 Å². The molecule has 0 aromatic carbocycles. The van der Waals surface area contributed by atoms with E-state index in [1.165, 1.54) is 18.5 Å². The number of rotatable bonds is 9. The Morgan fingerprint density at radius 1 is 1.20 bits per heavy atom. The first-order valence-electron chi connectivity index (χ1n) is 8.03. The van der Waals surface area contributed by atoms with Gasteiger partial charge in [0, 0.05) is 37.6 Å². The summed E-state index contributed by atoms with van der Waals surface area (Å²) >= 11 is 0. The van der Waals surface area contributed by atoms with Crippen LogP contribution in [0.15, 0.2) is 18.3 Å². The van der Waals surface area contributed by atoms with Crippen LogP contribution in [0.2, 0.25) is 0 Å². The number of pyridine rings is 1. The maximum atomic E-state index is 4.54. The largest absolute Gasteiger partial charge is 0.385 e. The first kappa shape index (κ1) is 17.0. The molecule has 0 radical (unpaired) electrons. The molecule has 0 atom stereocenters. The summed E-state index contributed by atoms with van der Waals surface area (Å²) in [5.74, 6) is 0.688. The highest BCUT2D eigenvalue weighted by molar-refractivity contribution is 5.42. The van der Waals surface area contributed by atoms with Crippen molar-refractivity contribution in [2.45, 2.75) is 60.0 Å². The van der Waals surface area contributed by atoms with Crippen molar-refractivity contribution >= 4 is 5.69 Å². The third kappa shape index (κ3) is 5.49. The number of nitrogens with one attached hydrogen (secondary N) is 1. The molecule has 3 heteroatoms. The molecule has 1 heterocycles. The SMILES string of the molecule is CCNc1ccnc(CN(CC(C)C)C(CC)CC)c1. The molecule has 0 saturated heterocycles. The molecule has 0 saturated carbocycles. The van der Waals surface area contributed by atoms with Crippen molar-refractivity contribution in [3.63, 3.8) is 0 Å². The summed E-state index contributed by atoms with van der Waals surface area (Å²) in [5, 5.41) is 3.36. The Morgan fingerprint density at radius 2 is 1.90 bits per heavy atom. The summed E-state index contributed by atoms with van der Waals surface area (Å²) < 4.78 is 0. The lowest BCUT2D eigenvalue weighted by Crippen LogP contribution is -2.37. The van der Waals surface area contributed by atoms with Crippen molar-refractivity contribution < 1.29 is 0 Å². The summed E-state index contributed by atoms with van der Waals surface area (Å²) in [6.07, 6.45) is 4.32. The zero-order valence-corrected chi connectivity index (χ0v) is 13.8. The highest BCUT2D eigenvalue weighted by Gasteiger charge is 2.17. The Balaban J connectivity index is 2.79. The molecule has 0 fully saturated rings. The van der Waals surface area contributed by atoms with E-state index in [4.69, 9.17) is 0 Å². The van der Waals surface area contributed by atoms with Gasteiger partial charge in [-0.1, -0.05) is 27.7 Å². The van der Waals surface area contributed by atoms with E-state index in [0.29, 0.717) is 12.0 Å². The molecular weight excluding hydrogens is 246 g/mol. The van der Waals surface area contributed by atoms with Crippen molar-refractivity contribution in [3.8, 4) is 0 Å². The minimum absolute atomic E-state index is 0.655. The van der Waals surface area contributed by atoms with E-state index in [9.17, 15) is 0 Å². The molecule has 1 N–H and O–H groups in total. The van der Waals surface area contributed by atoms with Gasteiger partial charge in [-0.15, -0.1) is 0 Å². The van der Waals surface area contributed by atoms with Crippen molar-refractivity contribution in [3.05, 3.63) is 24.0 Å². The fraction of sp³-hybridized carbons (Fsp3) is 0.706. The van der Waals surface area contributed by atoms with Crippen LogP contribution in [0.4, 0.5) is 5.69 Å². The maximum absolute atomic E-state index is 4.54.